The van der Waals surface area contributed by atoms with Crippen LogP contribution in [0.1, 0.15) is 25.7 Å². The third kappa shape index (κ3) is 3.70. The standard InChI is InChI=1S/C17H20N2O4/c20-11-12-6-8-19(9-7-12)13-2-1-3-14(10-13)23-15-4-5-16(21)18-17(15)22/h1-3,10-12,15H,4-9H2,(H,18,21,22). The summed E-state index contributed by atoms with van der Waals surface area (Å²) in [5.74, 6) is 0.156. The SMILES string of the molecule is O=CC1CCN(c2cccc(OC3CCC(=O)NC3=O)c2)CC1. The zero-order valence-electron chi connectivity index (χ0n) is 12.9. The number of ether oxygens (including phenoxy) is 1. The highest BCUT2D eigenvalue weighted by Gasteiger charge is 2.28. The van der Waals surface area contributed by atoms with Crippen molar-refractivity contribution in [2.45, 2.75) is 31.8 Å². The van der Waals surface area contributed by atoms with Crippen LogP contribution in [0.5, 0.6) is 5.75 Å². The van der Waals surface area contributed by atoms with Crippen molar-refractivity contribution in [3.05, 3.63) is 24.3 Å². The van der Waals surface area contributed by atoms with Gasteiger partial charge >= 0.3 is 0 Å². The van der Waals surface area contributed by atoms with Crippen LogP contribution >= 0.6 is 0 Å². The average Bonchev–Trinajstić information content (AvgIpc) is 2.58. The van der Waals surface area contributed by atoms with Crippen LogP contribution in [-0.2, 0) is 14.4 Å². The molecule has 2 fully saturated rings. The van der Waals surface area contributed by atoms with Crippen molar-refractivity contribution in [3.8, 4) is 5.75 Å². The lowest BCUT2D eigenvalue weighted by Gasteiger charge is -2.32. The lowest BCUT2D eigenvalue weighted by atomic mass is 9.98. The molecule has 6 nitrogen and oxygen atoms in total. The molecule has 0 saturated carbocycles. The normalized spacial score (nSPS) is 22.6. The summed E-state index contributed by atoms with van der Waals surface area (Å²) in [6.07, 6.45) is 2.85. The first-order chi connectivity index (χ1) is 11.2. The number of nitrogens with zero attached hydrogens (tertiary/aromatic N) is 1. The van der Waals surface area contributed by atoms with Crippen LogP contribution in [-0.4, -0.2) is 37.3 Å². The van der Waals surface area contributed by atoms with Gasteiger partial charge in [-0.1, -0.05) is 6.07 Å². The Morgan fingerprint density at radius 1 is 1.17 bits per heavy atom. The van der Waals surface area contributed by atoms with Crippen LogP contribution in [0, 0.1) is 5.92 Å². The van der Waals surface area contributed by atoms with Crippen molar-refractivity contribution in [2.75, 3.05) is 18.0 Å². The molecule has 1 atom stereocenters. The van der Waals surface area contributed by atoms with E-state index in [1.165, 1.54) is 0 Å². The summed E-state index contributed by atoms with van der Waals surface area (Å²) in [4.78, 5) is 36.0. The highest BCUT2D eigenvalue weighted by atomic mass is 16.5. The lowest BCUT2D eigenvalue weighted by molar-refractivity contribution is -0.138. The molecule has 0 radical (unpaired) electrons. The van der Waals surface area contributed by atoms with Crippen molar-refractivity contribution in [1.29, 1.82) is 0 Å². The molecule has 2 amide bonds. The molecule has 0 spiro atoms. The largest absolute Gasteiger partial charge is 0.481 e. The van der Waals surface area contributed by atoms with Gasteiger partial charge in [0.15, 0.2) is 6.10 Å². The van der Waals surface area contributed by atoms with E-state index in [4.69, 9.17) is 4.74 Å². The second-order valence-corrected chi connectivity index (χ2v) is 6.02. The van der Waals surface area contributed by atoms with Gasteiger partial charge in [-0.2, -0.15) is 0 Å². The van der Waals surface area contributed by atoms with E-state index in [0.29, 0.717) is 18.6 Å². The van der Waals surface area contributed by atoms with Gasteiger partial charge in [0.2, 0.25) is 5.91 Å². The van der Waals surface area contributed by atoms with Gasteiger partial charge in [0.1, 0.15) is 12.0 Å². The first kappa shape index (κ1) is 15.5. The average molecular weight is 316 g/mol. The molecule has 2 heterocycles. The predicted octanol–water partition coefficient (Wildman–Crippen LogP) is 1.29. The fourth-order valence-electron chi connectivity index (χ4n) is 3.00. The fourth-order valence-corrected chi connectivity index (χ4v) is 3.00. The molecule has 0 aliphatic carbocycles. The van der Waals surface area contributed by atoms with Crippen LogP contribution in [0.15, 0.2) is 24.3 Å². The summed E-state index contributed by atoms with van der Waals surface area (Å²) in [6, 6.07) is 7.61. The maximum atomic E-state index is 11.8. The van der Waals surface area contributed by atoms with Crippen LogP contribution < -0.4 is 15.0 Å². The number of aldehydes is 1. The van der Waals surface area contributed by atoms with Crippen molar-refractivity contribution >= 4 is 23.8 Å². The Balaban J connectivity index is 1.65. The number of carbonyl (C=O) groups is 3. The number of benzene rings is 1. The molecule has 1 unspecified atom stereocenters. The van der Waals surface area contributed by atoms with Crippen LogP contribution in [0.2, 0.25) is 0 Å². The van der Waals surface area contributed by atoms with Crippen LogP contribution in [0.25, 0.3) is 0 Å². The predicted molar refractivity (Wildman–Crippen MR) is 84.2 cm³/mol. The zero-order valence-corrected chi connectivity index (χ0v) is 12.9. The van der Waals surface area contributed by atoms with E-state index >= 15 is 0 Å². The Labute approximate surface area is 134 Å². The number of piperidine rings is 2. The van der Waals surface area contributed by atoms with Gasteiger partial charge in [0.05, 0.1) is 0 Å². The van der Waals surface area contributed by atoms with E-state index in [9.17, 15) is 14.4 Å². The maximum absolute atomic E-state index is 11.8. The number of hydrogen-bond acceptors (Lipinski definition) is 5. The molecular formula is C17H20N2O4. The highest BCUT2D eigenvalue weighted by molar-refractivity contribution is 5.99. The van der Waals surface area contributed by atoms with Gasteiger partial charge in [-0.3, -0.25) is 14.9 Å². The molecule has 3 rings (SSSR count). The van der Waals surface area contributed by atoms with Crippen molar-refractivity contribution in [2.24, 2.45) is 5.92 Å². The number of hydrogen-bond donors (Lipinski definition) is 1. The molecule has 6 heteroatoms. The van der Waals surface area contributed by atoms with Crippen molar-refractivity contribution < 1.29 is 19.1 Å². The monoisotopic (exact) mass is 316 g/mol. The molecule has 23 heavy (non-hydrogen) atoms. The third-order valence-electron chi connectivity index (χ3n) is 4.38. The second-order valence-electron chi connectivity index (χ2n) is 6.02. The molecule has 2 aliphatic heterocycles. The molecule has 1 N–H and O–H groups in total. The van der Waals surface area contributed by atoms with Gasteiger partial charge < -0.3 is 14.4 Å². The minimum atomic E-state index is -0.622. The van der Waals surface area contributed by atoms with Gasteiger partial charge in [-0.05, 0) is 25.0 Å². The Morgan fingerprint density at radius 3 is 2.65 bits per heavy atom. The molecule has 122 valence electrons. The maximum Gasteiger partial charge on any atom is 0.267 e. The lowest BCUT2D eigenvalue weighted by Crippen LogP contribution is -2.46. The Hall–Kier alpha value is -2.37. The minimum Gasteiger partial charge on any atom is -0.481 e. The molecule has 0 bridgehead atoms. The van der Waals surface area contributed by atoms with E-state index in [1.807, 2.05) is 24.3 Å². The topological polar surface area (TPSA) is 75.7 Å². The van der Waals surface area contributed by atoms with E-state index in [1.54, 1.807) is 0 Å². The molecule has 0 aromatic heterocycles. The number of nitrogens with one attached hydrogen (secondary N) is 1. The zero-order chi connectivity index (χ0) is 16.2. The number of anilines is 1. The van der Waals surface area contributed by atoms with Gasteiger partial charge in [0.25, 0.3) is 5.91 Å². The summed E-state index contributed by atoms with van der Waals surface area (Å²) in [5, 5.41) is 2.29. The van der Waals surface area contributed by atoms with Crippen LogP contribution in [0.3, 0.4) is 0 Å². The van der Waals surface area contributed by atoms with Gasteiger partial charge in [-0.15, -0.1) is 0 Å². The van der Waals surface area contributed by atoms with E-state index < -0.39 is 6.10 Å². The molecule has 2 saturated heterocycles. The van der Waals surface area contributed by atoms with Gasteiger partial charge in [0, 0.05) is 43.6 Å². The summed E-state index contributed by atoms with van der Waals surface area (Å²) in [7, 11) is 0. The smallest absolute Gasteiger partial charge is 0.267 e. The summed E-state index contributed by atoms with van der Waals surface area (Å²) >= 11 is 0. The number of amides is 2. The minimum absolute atomic E-state index is 0.161. The number of rotatable bonds is 4. The summed E-state index contributed by atoms with van der Waals surface area (Å²) in [5.41, 5.74) is 1.03. The summed E-state index contributed by atoms with van der Waals surface area (Å²) < 4.78 is 5.74. The fraction of sp³-hybridized carbons (Fsp3) is 0.471. The van der Waals surface area contributed by atoms with Crippen molar-refractivity contribution in [1.82, 2.24) is 5.32 Å². The highest BCUT2D eigenvalue weighted by Crippen LogP contribution is 2.27. The summed E-state index contributed by atoms with van der Waals surface area (Å²) in [6.45, 7) is 1.68. The Morgan fingerprint density at radius 2 is 1.96 bits per heavy atom. The van der Waals surface area contributed by atoms with E-state index in [0.717, 1.165) is 37.9 Å². The van der Waals surface area contributed by atoms with E-state index in [-0.39, 0.29) is 17.7 Å². The van der Waals surface area contributed by atoms with Crippen molar-refractivity contribution in [3.63, 3.8) is 0 Å². The molecule has 2 aliphatic rings. The number of imide groups is 1. The molecule has 1 aromatic rings. The van der Waals surface area contributed by atoms with Crippen LogP contribution in [0.4, 0.5) is 5.69 Å². The second kappa shape index (κ2) is 6.81. The van der Waals surface area contributed by atoms with E-state index in [2.05, 4.69) is 10.2 Å². The quantitative estimate of drug-likeness (QED) is 0.669. The first-order valence-corrected chi connectivity index (χ1v) is 7.96. The Bertz CT molecular complexity index is 608. The number of carbonyl (C=O) groups excluding carboxylic acids is 3. The third-order valence-corrected chi connectivity index (χ3v) is 4.38. The Kier molecular flexibility index (Phi) is 4.60. The molecule has 1 aromatic carbocycles. The first-order valence-electron chi connectivity index (χ1n) is 7.96. The van der Waals surface area contributed by atoms with Gasteiger partial charge in [-0.25, -0.2) is 0 Å². The molecular weight excluding hydrogens is 296 g/mol.